The van der Waals surface area contributed by atoms with E-state index >= 15 is 0 Å². The van der Waals surface area contributed by atoms with E-state index < -0.39 is 0 Å². The fourth-order valence-electron chi connectivity index (χ4n) is 3.99. The zero-order valence-electron chi connectivity index (χ0n) is 17.1. The monoisotopic (exact) mass is 391 g/mol. The summed E-state index contributed by atoms with van der Waals surface area (Å²) in [4.78, 5) is 20.5. The van der Waals surface area contributed by atoms with Gasteiger partial charge in [0, 0.05) is 49.8 Å². The first kappa shape index (κ1) is 19.5. The second-order valence-electron chi connectivity index (χ2n) is 7.59. The van der Waals surface area contributed by atoms with E-state index in [-0.39, 0.29) is 5.91 Å². The zero-order valence-corrected chi connectivity index (χ0v) is 17.1. The lowest BCUT2D eigenvalue weighted by atomic mass is 10.1. The smallest absolute Gasteiger partial charge is 0.227 e. The number of H-pyrrole nitrogens is 1. The number of carbonyl (C=O) groups is 1. The second-order valence-corrected chi connectivity index (χ2v) is 7.59. The Morgan fingerprint density at radius 3 is 2.55 bits per heavy atom. The van der Waals surface area contributed by atoms with Gasteiger partial charge in [-0.2, -0.15) is 0 Å². The molecular formula is C24H29N3O2. The van der Waals surface area contributed by atoms with Gasteiger partial charge in [-0.3, -0.25) is 9.69 Å². The molecule has 29 heavy (non-hydrogen) atoms. The lowest BCUT2D eigenvalue weighted by Gasteiger charge is -2.34. The lowest BCUT2D eigenvalue weighted by molar-refractivity contribution is -0.132. The van der Waals surface area contributed by atoms with Crippen molar-refractivity contribution in [2.75, 3.05) is 39.3 Å². The number of piperazine rings is 1. The van der Waals surface area contributed by atoms with Crippen molar-refractivity contribution >= 4 is 16.8 Å². The Hall–Kier alpha value is -2.79. The van der Waals surface area contributed by atoms with Gasteiger partial charge in [-0.25, -0.2) is 0 Å². The van der Waals surface area contributed by atoms with Crippen molar-refractivity contribution in [2.45, 2.75) is 19.8 Å². The third-order valence-electron chi connectivity index (χ3n) is 5.69. The number of nitrogens with zero attached hydrogens (tertiary/aromatic N) is 2. The third-order valence-corrected chi connectivity index (χ3v) is 5.69. The van der Waals surface area contributed by atoms with Crippen LogP contribution in [-0.4, -0.2) is 60.0 Å². The summed E-state index contributed by atoms with van der Waals surface area (Å²) in [5.74, 6) is 1.07. The van der Waals surface area contributed by atoms with Crippen molar-refractivity contribution in [1.29, 1.82) is 0 Å². The second kappa shape index (κ2) is 9.14. The summed E-state index contributed by atoms with van der Waals surface area (Å²) >= 11 is 0. The summed E-state index contributed by atoms with van der Waals surface area (Å²) in [5.41, 5.74) is 3.61. The van der Waals surface area contributed by atoms with Crippen molar-refractivity contribution in [3.8, 4) is 5.75 Å². The first-order valence-corrected chi connectivity index (χ1v) is 10.5. The number of rotatable bonds is 7. The molecule has 4 rings (SSSR count). The molecule has 1 saturated heterocycles. The van der Waals surface area contributed by atoms with Crippen molar-refractivity contribution in [3.63, 3.8) is 0 Å². The molecule has 3 aromatic rings. The van der Waals surface area contributed by atoms with E-state index in [4.69, 9.17) is 4.74 Å². The molecule has 5 nitrogen and oxygen atoms in total. The summed E-state index contributed by atoms with van der Waals surface area (Å²) in [6.45, 7) is 7.16. The molecule has 1 aliphatic rings. The highest BCUT2D eigenvalue weighted by Gasteiger charge is 2.21. The molecule has 0 atom stereocenters. The molecule has 1 aromatic heterocycles. The molecule has 152 valence electrons. The van der Waals surface area contributed by atoms with Crippen LogP contribution in [0.1, 0.15) is 18.1 Å². The van der Waals surface area contributed by atoms with Gasteiger partial charge in [0.05, 0.1) is 13.0 Å². The van der Waals surface area contributed by atoms with Gasteiger partial charge in [0.15, 0.2) is 0 Å². The Bertz CT molecular complexity index is 940. The Morgan fingerprint density at radius 1 is 1.03 bits per heavy atom. The van der Waals surface area contributed by atoms with Crippen molar-refractivity contribution in [2.24, 2.45) is 0 Å². The van der Waals surface area contributed by atoms with E-state index in [1.54, 1.807) is 0 Å². The van der Waals surface area contributed by atoms with Gasteiger partial charge in [0.2, 0.25) is 5.91 Å². The summed E-state index contributed by atoms with van der Waals surface area (Å²) in [5, 5.41) is 1.32. The van der Waals surface area contributed by atoms with E-state index in [1.165, 1.54) is 16.5 Å². The molecule has 5 heteroatoms. The maximum absolute atomic E-state index is 12.6. The molecule has 1 amide bonds. The van der Waals surface area contributed by atoms with Crippen molar-refractivity contribution < 1.29 is 9.53 Å². The molecule has 2 heterocycles. The Labute approximate surface area is 172 Å². The number of aromatic nitrogens is 1. The average molecular weight is 392 g/mol. The number of hydrogen-bond acceptors (Lipinski definition) is 3. The van der Waals surface area contributed by atoms with Gasteiger partial charge in [0.1, 0.15) is 5.75 Å². The average Bonchev–Trinajstić information content (AvgIpc) is 3.17. The zero-order chi connectivity index (χ0) is 20.1. The minimum atomic E-state index is 0.213. The maximum Gasteiger partial charge on any atom is 0.227 e. The van der Waals surface area contributed by atoms with Gasteiger partial charge in [-0.1, -0.05) is 30.3 Å². The number of ether oxygens (including phenoxy) is 1. The molecule has 0 unspecified atom stereocenters. The number of carbonyl (C=O) groups excluding carboxylic acids is 1. The van der Waals surface area contributed by atoms with E-state index in [0.29, 0.717) is 13.0 Å². The molecule has 1 N–H and O–H groups in total. The number of benzene rings is 2. The topological polar surface area (TPSA) is 48.6 Å². The van der Waals surface area contributed by atoms with E-state index in [2.05, 4.69) is 40.3 Å². The minimum Gasteiger partial charge on any atom is -0.494 e. The standard InChI is InChI=1S/C24H29N3O2/c1-2-29-21-9-7-19(8-10-21)17-24(28)27-15-13-26(14-16-27)12-11-20-18-25-23-6-4-3-5-22(20)23/h3-10,18,25H,2,11-17H2,1H3. The quantitative estimate of drug-likeness (QED) is 0.671. The Kier molecular flexibility index (Phi) is 6.15. The molecule has 0 bridgehead atoms. The number of para-hydroxylation sites is 1. The van der Waals surface area contributed by atoms with Gasteiger partial charge in [-0.05, 0) is 42.7 Å². The normalized spacial score (nSPS) is 15.0. The van der Waals surface area contributed by atoms with Gasteiger partial charge in [-0.15, -0.1) is 0 Å². The van der Waals surface area contributed by atoms with Crippen LogP contribution in [0.3, 0.4) is 0 Å². The maximum atomic E-state index is 12.6. The lowest BCUT2D eigenvalue weighted by Crippen LogP contribution is -2.49. The summed E-state index contributed by atoms with van der Waals surface area (Å²) in [7, 11) is 0. The molecule has 0 aliphatic carbocycles. The largest absolute Gasteiger partial charge is 0.494 e. The number of amides is 1. The van der Waals surface area contributed by atoms with Crippen LogP contribution in [0.2, 0.25) is 0 Å². The predicted molar refractivity (Wildman–Crippen MR) is 116 cm³/mol. The highest BCUT2D eigenvalue weighted by atomic mass is 16.5. The Balaban J connectivity index is 1.24. The highest BCUT2D eigenvalue weighted by Crippen LogP contribution is 2.19. The van der Waals surface area contributed by atoms with Crippen molar-refractivity contribution in [3.05, 3.63) is 65.9 Å². The number of hydrogen-bond donors (Lipinski definition) is 1. The molecular weight excluding hydrogens is 362 g/mol. The van der Waals surface area contributed by atoms with Crippen LogP contribution < -0.4 is 4.74 Å². The van der Waals surface area contributed by atoms with Crippen LogP contribution in [0.5, 0.6) is 5.75 Å². The molecule has 0 saturated carbocycles. The van der Waals surface area contributed by atoms with Gasteiger partial charge < -0.3 is 14.6 Å². The van der Waals surface area contributed by atoms with E-state index in [0.717, 1.165) is 50.5 Å². The first-order chi connectivity index (χ1) is 14.2. The molecule has 2 aromatic carbocycles. The van der Waals surface area contributed by atoms with E-state index in [1.807, 2.05) is 36.1 Å². The summed E-state index contributed by atoms with van der Waals surface area (Å²) in [6, 6.07) is 16.3. The van der Waals surface area contributed by atoms with Crippen LogP contribution in [0.25, 0.3) is 10.9 Å². The van der Waals surface area contributed by atoms with Crippen LogP contribution in [0, 0.1) is 0 Å². The number of fused-ring (bicyclic) bond motifs is 1. The SMILES string of the molecule is CCOc1ccc(CC(=O)N2CCN(CCc3c[nH]c4ccccc34)CC2)cc1. The molecule has 0 radical (unpaired) electrons. The minimum absolute atomic E-state index is 0.213. The number of aromatic amines is 1. The van der Waals surface area contributed by atoms with E-state index in [9.17, 15) is 4.79 Å². The molecule has 1 fully saturated rings. The fourth-order valence-corrected chi connectivity index (χ4v) is 3.99. The van der Waals surface area contributed by atoms with Crippen LogP contribution in [0.4, 0.5) is 0 Å². The van der Waals surface area contributed by atoms with Crippen LogP contribution >= 0.6 is 0 Å². The Morgan fingerprint density at radius 2 is 1.79 bits per heavy atom. The van der Waals surface area contributed by atoms with Gasteiger partial charge in [0.25, 0.3) is 0 Å². The molecule has 1 aliphatic heterocycles. The van der Waals surface area contributed by atoms with Crippen LogP contribution in [-0.2, 0) is 17.6 Å². The predicted octanol–water partition coefficient (Wildman–Crippen LogP) is 3.50. The van der Waals surface area contributed by atoms with Crippen molar-refractivity contribution in [1.82, 2.24) is 14.8 Å². The fraction of sp³-hybridized carbons (Fsp3) is 0.375. The molecule has 0 spiro atoms. The van der Waals surface area contributed by atoms with Gasteiger partial charge >= 0.3 is 0 Å². The number of nitrogens with one attached hydrogen (secondary N) is 1. The summed E-state index contributed by atoms with van der Waals surface area (Å²) < 4.78 is 5.46. The first-order valence-electron chi connectivity index (χ1n) is 10.5. The summed E-state index contributed by atoms with van der Waals surface area (Å²) in [6.07, 6.45) is 3.62. The highest BCUT2D eigenvalue weighted by molar-refractivity contribution is 5.83. The van der Waals surface area contributed by atoms with Crippen LogP contribution in [0.15, 0.2) is 54.7 Å². The third kappa shape index (κ3) is 4.80.